The Kier molecular flexibility index (Phi) is 12.1. The number of carbonyl (C=O) groups is 5. The summed E-state index contributed by atoms with van der Waals surface area (Å²) < 4.78 is 20.6. The SMILES string of the molecule is CC1(C)CC(CC(NC(=O)[C@H](CC2CCCCC2)NC(=O)OC(c2cccc(F)c2)C(C)(C)c2cccc(Cl)c2)C(=O)C(=O)NC2CC2)C(=O)N1. The van der Waals surface area contributed by atoms with Gasteiger partial charge in [0.2, 0.25) is 17.6 Å². The third-order valence-corrected chi connectivity index (χ3v) is 10.6. The predicted octanol–water partition coefficient (Wildman–Crippen LogP) is 6.20. The Morgan fingerprint density at radius 2 is 1.67 bits per heavy atom. The van der Waals surface area contributed by atoms with E-state index in [1.54, 1.807) is 24.3 Å². The third-order valence-electron chi connectivity index (χ3n) is 10.4. The molecule has 3 unspecified atom stereocenters. The molecule has 3 fully saturated rings. The van der Waals surface area contributed by atoms with Gasteiger partial charge >= 0.3 is 6.09 Å². The van der Waals surface area contributed by atoms with Gasteiger partial charge in [0.1, 0.15) is 18.0 Å². The van der Waals surface area contributed by atoms with Crippen molar-refractivity contribution < 1.29 is 33.1 Å². The number of rotatable bonds is 14. The van der Waals surface area contributed by atoms with Crippen molar-refractivity contribution in [2.45, 2.75) is 127 Å². The summed E-state index contributed by atoms with van der Waals surface area (Å²) in [5.74, 6) is -3.51. The molecule has 0 aromatic heterocycles. The Hall–Kier alpha value is -3.99. The van der Waals surface area contributed by atoms with Crippen LogP contribution in [0.3, 0.4) is 0 Å². The van der Waals surface area contributed by atoms with Gasteiger partial charge in [-0.3, -0.25) is 19.2 Å². The van der Waals surface area contributed by atoms with Crippen LogP contribution in [0, 0.1) is 17.7 Å². The minimum atomic E-state index is -1.28. The molecular formula is C39H50ClFN4O6. The van der Waals surface area contributed by atoms with Gasteiger partial charge in [0.15, 0.2) is 0 Å². The number of ether oxygens (including phenoxy) is 1. The summed E-state index contributed by atoms with van der Waals surface area (Å²) in [5, 5.41) is 11.6. The zero-order chi connectivity index (χ0) is 36.9. The van der Waals surface area contributed by atoms with Crippen molar-refractivity contribution >= 4 is 41.2 Å². The largest absolute Gasteiger partial charge is 0.440 e. The Bertz CT molecular complexity index is 1620. The predicted molar refractivity (Wildman–Crippen MR) is 191 cm³/mol. The number of benzene rings is 2. The van der Waals surface area contributed by atoms with Gasteiger partial charge in [-0.1, -0.05) is 81.8 Å². The van der Waals surface area contributed by atoms with Crippen molar-refractivity contribution in [2.24, 2.45) is 11.8 Å². The van der Waals surface area contributed by atoms with Crippen molar-refractivity contribution in [3.63, 3.8) is 0 Å². The molecule has 2 aromatic carbocycles. The summed E-state index contributed by atoms with van der Waals surface area (Å²) in [5.41, 5.74) is -0.229. The number of alkyl carbamates (subject to hydrolysis) is 1. The molecule has 5 rings (SSSR count). The molecule has 1 saturated heterocycles. The van der Waals surface area contributed by atoms with Crippen LogP contribution in [0.2, 0.25) is 5.02 Å². The van der Waals surface area contributed by atoms with Crippen molar-refractivity contribution in [3.8, 4) is 0 Å². The van der Waals surface area contributed by atoms with Crippen LogP contribution in [0.15, 0.2) is 48.5 Å². The van der Waals surface area contributed by atoms with E-state index in [9.17, 15) is 28.4 Å². The summed E-state index contributed by atoms with van der Waals surface area (Å²) in [6, 6.07) is 10.5. The lowest BCUT2D eigenvalue weighted by molar-refractivity contribution is -0.141. The average Bonchev–Trinajstić information content (AvgIpc) is 3.85. The van der Waals surface area contributed by atoms with Crippen LogP contribution < -0.4 is 21.3 Å². The highest BCUT2D eigenvalue weighted by atomic mass is 35.5. The maximum Gasteiger partial charge on any atom is 0.408 e. The molecule has 1 aliphatic heterocycles. The highest BCUT2D eigenvalue weighted by Gasteiger charge is 2.43. The smallest absolute Gasteiger partial charge is 0.408 e. The Morgan fingerprint density at radius 3 is 2.29 bits per heavy atom. The average molecular weight is 725 g/mol. The van der Waals surface area contributed by atoms with Crippen molar-refractivity contribution in [2.75, 3.05) is 0 Å². The second kappa shape index (κ2) is 16.1. The van der Waals surface area contributed by atoms with Crippen LogP contribution in [0.4, 0.5) is 9.18 Å². The van der Waals surface area contributed by atoms with E-state index in [1.165, 1.54) is 18.2 Å². The first-order valence-corrected chi connectivity index (χ1v) is 18.4. The fourth-order valence-electron chi connectivity index (χ4n) is 7.43. The second-order valence-corrected chi connectivity index (χ2v) is 16.1. The number of hydrogen-bond acceptors (Lipinski definition) is 6. The van der Waals surface area contributed by atoms with Gasteiger partial charge in [-0.2, -0.15) is 0 Å². The Balaban J connectivity index is 1.39. The lowest BCUT2D eigenvalue weighted by Crippen LogP contribution is -2.55. The number of carbonyl (C=O) groups excluding carboxylic acids is 5. The standard InChI is InChI=1S/C39H50ClFN4O6/c1-38(2)22-25(34(47)45-38)20-30(32(46)36(49)42-29-16-17-29)43-35(48)31(18-23-10-6-5-7-11-23)44-37(50)51-33(24-12-8-15-28(41)19-24)39(3,4)26-13-9-14-27(40)21-26/h8-9,12-15,19,21,23,25,29-31,33H,5-7,10-11,16-18,20,22H2,1-4H3,(H,42,49)(H,43,48)(H,44,50)(H,45,47)/t25?,30?,31-,33?/m0/s1. The number of halogens is 2. The van der Waals surface area contributed by atoms with E-state index in [1.807, 2.05) is 33.8 Å². The van der Waals surface area contributed by atoms with Crippen molar-refractivity contribution in [1.82, 2.24) is 21.3 Å². The maximum absolute atomic E-state index is 14.5. The zero-order valence-electron chi connectivity index (χ0n) is 29.9. The number of amides is 4. The van der Waals surface area contributed by atoms with E-state index in [0.717, 1.165) is 50.5 Å². The minimum Gasteiger partial charge on any atom is -0.440 e. The van der Waals surface area contributed by atoms with Gasteiger partial charge in [-0.05, 0) is 87.3 Å². The molecule has 2 aromatic rings. The van der Waals surface area contributed by atoms with Crippen LogP contribution in [-0.2, 0) is 29.3 Å². The van der Waals surface area contributed by atoms with E-state index >= 15 is 0 Å². The van der Waals surface area contributed by atoms with Gasteiger partial charge in [0.25, 0.3) is 5.91 Å². The molecular weight excluding hydrogens is 675 g/mol. The van der Waals surface area contributed by atoms with Gasteiger partial charge in [-0.25, -0.2) is 9.18 Å². The van der Waals surface area contributed by atoms with Gasteiger partial charge in [-0.15, -0.1) is 0 Å². The van der Waals surface area contributed by atoms with Crippen LogP contribution in [0.5, 0.6) is 0 Å². The number of ketones is 1. The summed E-state index contributed by atoms with van der Waals surface area (Å²) in [6.07, 6.45) is 5.13. The highest BCUT2D eigenvalue weighted by Crippen LogP contribution is 2.41. The molecule has 3 aliphatic rings. The number of hydrogen-bond donors (Lipinski definition) is 4. The number of nitrogens with one attached hydrogen (secondary N) is 4. The molecule has 51 heavy (non-hydrogen) atoms. The summed E-state index contributed by atoms with van der Waals surface area (Å²) >= 11 is 6.32. The van der Waals surface area contributed by atoms with Crippen molar-refractivity contribution in [3.05, 3.63) is 70.5 Å². The first kappa shape index (κ1) is 38.2. The molecule has 4 N–H and O–H groups in total. The zero-order valence-corrected chi connectivity index (χ0v) is 30.6. The van der Waals surface area contributed by atoms with Gasteiger partial charge in [0, 0.05) is 27.9 Å². The molecule has 4 atom stereocenters. The first-order valence-electron chi connectivity index (χ1n) is 18.1. The lowest BCUT2D eigenvalue weighted by atomic mass is 9.76. The topological polar surface area (TPSA) is 143 Å². The van der Waals surface area contributed by atoms with Crippen LogP contribution in [0.25, 0.3) is 0 Å². The van der Waals surface area contributed by atoms with Crippen LogP contribution in [0.1, 0.15) is 109 Å². The van der Waals surface area contributed by atoms with Gasteiger partial charge in [0.05, 0.1) is 6.04 Å². The summed E-state index contributed by atoms with van der Waals surface area (Å²) in [7, 11) is 0. The Morgan fingerprint density at radius 1 is 0.961 bits per heavy atom. The molecule has 0 bridgehead atoms. The first-order chi connectivity index (χ1) is 24.1. The number of Topliss-reactive ketones (excluding diaryl/α,β-unsaturated/α-hetero) is 1. The molecule has 276 valence electrons. The fourth-order valence-corrected chi connectivity index (χ4v) is 7.62. The molecule has 2 aliphatic carbocycles. The van der Waals surface area contributed by atoms with Crippen molar-refractivity contribution in [1.29, 1.82) is 0 Å². The molecule has 10 nitrogen and oxygen atoms in total. The van der Waals surface area contributed by atoms with Crippen LogP contribution in [-0.4, -0.2) is 53.3 Å². The summed E-state index contributed by atoms with van der Waals surface area (Å²) in [4.78, 5) is 67.3. The fraction of sp³-hybridized carbons (Fsp3) is 0.564. The van der Waals surface area contributed by atoms with Gasteiger partial charge < -0.3 is 26.0 Å². The van der Waals surface area contributed by atoms with E-state index in [2.05, 4.69) is 21.3 Å². The molecule has 1 heterocycles. The molecule has 0 radical (unpaired) electrons. The third kappa shape index (κ3) is 10.3. The lowest BCUT2D eigenvalue weighted by Gasteiger charge is -2.35. The van der Waals surface area contributed by atoms with E-state index in [-0.39, 0.29) is 30.7 Å². The molecule has 4 amide bonds. The molecule has 12 heteroatoms. The van der Waals surface area contributed by atoms with Crippen LogP contribution >= 0.6 is 11.6 Å². The van der Waals surface area contributed by atoms with E-state index in [0.29, 0.717) is 17.0 Å². The quantitative estimate of drug-likeness (QED) is 0.171. The Labute approximate surface area is 304 Å². The highest BCUT2D eigenvalue weighted by molar-refractivity contribution is 6.38. The monoisotopic (exact) mass is 724 g/mol. The molecule has 2 saturated carbocycles. The maximum atomic E-state index is 14.5. The molecule has 0 spiro atoms. The second-order valence-electron chi connectivity index (χ2n) is 15.7. The minimum absolute atomic E-state index is 0.0615. The summed E-state index contributed by atoms with van der Waals surface area (Å²) in [6.45, 7) is 7.47. The normalized spacial score (nSPS) is 20.7. The van der Waals surface area contributed by atoms with E-state index < -0.39 is 64.6 Å². The van der Waals surface area contributed by atoms with E-state index in [4.69, 9.17) is 16.3 Å².